The molecular formula is C21H21N3O. The standard InChI is InChI=1S/C21H21N3O/c1-14-11-15(2)20(16(3)12-14)24-19-10-9-18(13-22-19)23-21(25)17-7-5-4-6-8-17/h4-13H,1-3H3,(H,22,24)(H,23,25). The highest BCUT2D eigenvalue weighted by molar-refractivity contribution is 6.04. The van der Waals surface area contributed by atoms with Gasteiger partial charge in [-0.1, -0.05) is 35.9 Å². The number of rotatable bonds is 4. The van der Waals surface area contributed by atoms with Gasteiger partial charge in [-0.05, 0) is 56.2 Å². The van der Waals surface area contributed by atoms with Crippen LogP contribution in [0.25, 0.3) is 0 Å². The molecule has 126 valence electrons. The van der Waals surface area contributed by atoms with Gasteiger partial charge in [0.15, 0.2) is 0 Å². The van der Waals surface area contributed by atoms with E-state index in [4.69, 9.17) is 0 Å². The average molecular weight is 331 g/mol. The molecule has 1 amide bonds. The second kappa shape index (κ2) is 7.18. The maximum Gasteiger partial charge on any atom is 0.255 e. The fourth-order valence-corrected chi connectivity index (χ4v) is 2.84. The molecular weight excluding hydrogens is 310 g/mol. The van der Waals surface area contributed by atoms with Gasteiger partial charge in [-0.25, -0.2) is 4.98 Å². The van der Waals surface area contributed by atoms with Gasteiger partial charge in [0.25, 0.3) is 5.91 Å². The Morgan fingerprint density at radius 1 is 0.920 bits per heavy atom. The number of pyridine rings is 1. The lowest BCUT2D eigenvalue weighted by atomic mass is 10.1. The zero-order chi connectivity index (χ0) is 17.8. The predicted octanol–water partition coefficient (Wildman–Crippen LogP) is 5.00. The minimum absolute atomic E-state index is 0.145. The van der Waals surface area contributed by atoms with E-state index in [1.807, 2.05) is 30.3 Å². The molecule has 0 saturated heterocycles. The molecule has 1 aromatic heterocycles. The molecule has 0 aliphatic rings. The topological polar surface area (TPSA) is 54.0 Å². The maximum atomic E-state index is 12.2. The smallest absolute Gasteiger partial charge is 0.255 e. The molecule has 0 fully saturated rings. The van der Waals surface area contributed by atoms with Crippen molar-refractivity contribution in [1.29, 1.82) is 0 Å². The van der Waals surface area contributed by atoms with Crippen molar-refractivity contribution >= 4 is 23.1 Å². The van der Waals surface area contributed by atoms with Crippen LogP contribution in [0.3, 0.4) is 0 Å². The van der Waals surface area contributed by atoms with Crippen molar-refractivity contribution in [2.45, 2.75) is 20.8 Å². The van der Waals surface area contributed by atoms with Crippen LogP contribution in [-0.4, -0.2) is 10.9 Å². The Labute approximate surface area is 147 Å². The lowest BCUT2D eigenvalue weighted by Crippen LogP contribution is -2.11. The van der Waals surface area contributed by atoms with E-state index in [9.17, 15) is 4.79 Å². The van der Waals surface area contributed by atoms with Crippen molar-refractivity contribution in [3.05, 3.63) is 83.0 Å². The van der Waals surface area contributed by atoms with Gasteiger partial charge in [0, 0.05) is 11.3 Å². The number of carbonyl (C=O) groups excluding carboxylic acids is 1. The van der Waals surface area contributed by atoms with Gasteiger partial charge in [-0.3, -0.25) is 4.79 Å². The molecule has 0 spiro atoms. The normalized spacial score (nSPS) is 10.4. The number of nitrogens with zero attached hydrogens (tertiary/aromatic N) is 1. The van der Waals surface area contributed by atoms with E-state index in [0.29, 0.717) is 11.3 Å². The molecule has 0 radical (unpaired) electrons. The highest BCUT2D eigenvalue weighted by atomic mass is 16.1. The molecule has 0 aliphatic carbocycles. The first-order valence-electron chi connectivity index (χ1n) is 8.20. The van der Waals surface area contributed by atoms with Gasteiger partial charge in [-0.15, -0.1) is 0 Å². The van der Waals surface area contributed by atoms with Crippen LogP contribution in [-0.2, 0) is 0 Å². The largest absolute Gasteiger partial charge is 0.340 e. The van der Waals surface area contributed by atoms with E-state index in [0.717, 1.165) is 11.5 Å². The highest BCUT2D eigenvalue weighted by Crippen LogP contribution is 2.25. The zero-order valence-corrected chi connectivity index (χ0v) is 14.6. The second-order valence-corrected chi connectivity index (χ2v) is 6.15. The number of anilines is 3. The van der Waals surface area contributed by atoms with Crippen molar-refractivity contribution in [3.8, 4) is 0 Å². The number of hydrogen-bond acceptors (Lipinski definition) is 3. The Balaban J connectivity index is 1.72. The van der Waals surface area contributed by atoms with Crippen molar-refractivity contribution < 1.29 is 4.79 Å². The summed E-state index contributed by atoms with van der Waals surface area (Å²) in [6.07, 6.45) is 1.65. The third-order valence-corrected chi connectivity index (χ3v) is 3.99. The molecule has 0 aliphatic heterocycles. The number of amides is 1. The SMILES string of the molecule is Cc1cc(C)c(Nc2ccc(NC(=O)c3ccccc3)cn2)c(C)c1. The summed E-state index contributed by atoms with van der Waals surface area (Å²) in [6, 6.07) is 17.1. The number of hydrogen-bond donors (Lipinski definition) is 2. The summed E-state index contributed by atoms with van der Waals surface area (Å²) >= 11 is 0. The summed E-state index contributed by atoms with van der Waals surface area (Å²) in [5, 5.41) is 6.21. The molecule has 0 atom stereocenters. The molecule has 3 rings (SSSR count). The average Bonchev–Trinajstić information content (AvgIpc) is 2.60. The molecule has 1 heterocycles. The van der Waals surface area contributed by atoms with Gasteiger partial charge in [-0.2, -0.15) is 0 Å². The highest BCUT2D eigenvalue weighted by Gasteiger charge is 2.07. The van der Waals surface area contributed by atoms with Crippen LogP contribution in [0.15, 0.2) is 60.8 Å². The van der Waals surface area contributed by atoms with E-state index in [2.05, 4.69) is 48.5 Å². The minimum Gasteiger partial charge on any atom is -0.340 e. The van der Waals surface area contributed by atoms with Crippen molar-refractivity contribution in [1.82, 2.24) is 4.98 Å². The number of aromatic nitrogens is 1. The van der Waals surface area contributed by atoms with Crippen LogP contribution >= 0.6 is 0 Å². The predicted molar refractivity (Wildman–Crippen MR) is 103 cm³/mol. The number of aryl methyl sites for hydroxylation is 3. The quantitative estimate of drug-likeness (QED) is 0.707. The Morgan fingerprint density at radius 3 is 2.20 bits per heavy atom. The molecule has 25 heavy (non-hydrogen) atoms. The molecule has 4 heteroatoms. The minimum atomic E-state index is -0.145. The zero-order valence-electron chi connectivity index (χ0n) is 14.6. The second-order valence-electron chi connectivity index (χ2n) is 6.15. The summed E-state index contributed by atoms with van der Waals surface area (Å²) in [5.74, 6) is 0.598. The fourth-order valence-electron chi connectivity index (χ4n) is 2.84. The Kier molecular flexibility index (Phi) is 4.80. The lowest BCUT2D eigenvalue weighted by molar-refractivity contribution is 0.102. The van der Waals surface area contributed by atoms with Crippen molar-refractivity contribution in [2.75, 3.05) is 10.6 Å². The van der Waals surface area contributed by atoms with Crippen LogP contribution in [0.2, 0.25) is 0 Å². The summed E-state index contributed by atoms with van der Waals surface area (Å²) in [5.41, 5.74) is 5.96. The van der Waals surface area contributed by atoms with E-state index >= 15 is 0 Å². The van der Waals surface area contributed by atoms with Crippen molar-refractivity contribution in [3.63, 3.8) is 0 Å². The van der Waals surface area contributed by atoms with E-state index < -0.39 is 0 Å². The Bertz CT molecular complexity index is 864. The Morgan fingerprint density at radius 2 is 1.60 bits per heavy atom. The van der Waals surface area contributed by atoms with Crippen LogP contribution in [0.1, 0.15) is 27.0 Å². The number of nitrogens with one attached hydrogen (secondary N) is 2. The van der Waals surface area contributed by atoms with Gasteiger partial charge < -0.3 is 10.6 Å². The summed E-state index contributed by atoms with van der Waals surface area (Å²) in [7, 11) is 0. The molecule has 2 N–H and O–H groups in total. The maximum absolute atomic E-state index is 12.2. The van der Waals surface area contributed by atoms with Crippen LogP contribution < -0.4 is 10.6 Å². The van der Waals surface area contributed by atoms with Gasteiger partial charge >= 0.3 is 0 Å². The van der Waals surface area contributed by atoms with Crippen LogP contribution in [0, 0.1) is 20.8 Å². The molecule has 0 unspecified atom stereocenters. The fraction of sp³-hybridized carbons (Fsp3) is 0.143. The first-order chi connectivity index (χ1) is 12.0. The summed E-state index contributed by atoms with van der Waals surface area (Å²) in [4.78, 5) is 16.6. The van der Waals surface area contributed by atoms with Gasteiger partial charge in [0.1, 0.15) is 5.82 Å². The van der Waals surface area contributed by atoms with E-state index in [1.54, 1.807) is 18.3 Å². The van der Waals surface area contributed by atoms with Crippen LogP contribution in [0.5, 0.6) is 0 Å². The van der Waals surface area contributed by atoms with Crippen molar-refractivity contribution in [2.24, 2.45) is 0 Å². The van der Waals surface area contributed by atoms with Crippen LogP contribution in [0.4, 0.5) is 17.2 Å². The molecule has 4 nitrogen and oxygen atoms in total. The summed E-state index contributed by atoms with van der Waals surface area (Å²) in [6.45, 7) is 6.25. The monoisotopic (exact) mass is 331 g/mol. The van der Waals surface area contributed by atoms with E-state index in [1.165, 1.54) is 16.7 Å². The number of carbonyl (C=O) groups is 1. The van der Waals surface area contributed by atoms with E-state index in [-0.39, 0.29) is 5.91 Å². The summed E-state index contributed by atoms with van der Waals surface area (Å²) < 4.78 is 0. The first-order valence-corrected chi connectivity index (χ1v) is 8.20. The lowest BCUT2D eigenvalue weighted by Gasteiger charge is -2.13. The third kappa shape index (κ3) is 4.04. The third-order valence-electron chi connectivity index (χ3n) is 3.99. The molecule has 3 aromatic rings. The molecule has 2 aromatic carbocycles. The first kappa shape index (κ1) is 16.7. The van der Waals surface area contributed by atoms with Gasteiger partial charge in [0.2, 0.25) is 0 Å². The Hall–Kier alpha value is -3.14. The number of benzene rings is 2. The molecule has 0 bridgehead atoms. The van der Waals surface area contributed by atoms with Gasteiger partial charge in [0.05, 0.1) is 11.9 Å². The molecule has 0 saturated carbocycles.